The van der Waals surface area contributed by atoms with Crippen molar-refractivity contribution in [2.45, 2.75) is 33.7 Å². The molecule has 0 saturated carbocycles. The maximum atomic E-state index is 4.61. The summed E-state index contributed by atoms with van der Waals surface area (Å²) in [5.41, 5.74) is 3.17. The van der Waals surface area contributed by atoms with Crippen LogP contribution in [0.5, 0.6) is 0 Å². The number of aromatic nitrogens is 5. The van der Waals surface area contributed by atoms with Crippen molar-refractivity contribution in [2.24, 2.45) is 4.99 Å². The van der Waals surface area contributed by atoms with E-state index in [1.54, 1.807) is 0 Å². The van der Waals surface area contributed by atoms with Gasteiger partial charge in [0.1, 0.15) is 5.82 Å². The second kappa shape index (κ2) is 11.0. The molecule has 0 aromatic carbocycles. The first kappa shape index (κ1) is 24.4. The lowest BCUT2D eigenvalue weighted by atomic mass is 10.2. The summed E-state index contributed by atoms with van der Waals surface area (Å²) >= 11 is 1.49. The van der Waals surface area contributed by atoms with Crippen molar-refractivity contribution in [1.82, 2.24) is 34.3 Å². The van der Waals surface area contributed by atoms with E-state index in [0.29, 0.717) is 6.54 Å². The molecule has 4 rings (SSSR count). The molecule has 32 heavy (non-hydrogen) atoms. The lowest BCUT2D eigenvalue weighted by molar-refractivity contribution is 0.372. The van der Waals surface area contributed by atoms with Crippen molar-refractivity contribution in [3.63, 3.8) is 0 Å². The van der Waals surface area contributed by atoms with Gasteiger partial charge in [-0.15, -0.1) is 24.0 Å². The highest BCUT2D eigenvalue weighted by atomic mass is 127. The van der Waals surface area contributed by atoms with Crippen LogP contribution in [-0.2, 0) is 13.0 Å². The number of hydrogen-bond donors (Lipinski definition) is 1. The van der Waals surface area contributed by atoms with E-state index in [0.717, 1.165) is 72.3 Å². The van der Waals surface area contributed by atoms with E-state index in [1.807, 2.05) is 37.8 Å². The second-order valence-electron chi connectivity index (χ2n) is 7.59. The van der Waals surface area contributed by atoms with Crippen LogP contribution in [0.1, 0.15) is 29.7 Å². The van der Waals surface area contributed by atoms with Crippen LogP contribution in [0.2, 0.25) is 0 Å². The molecule has 0 amide bonds. The van der Waals surface area contributed by atoms with Gasteiger partial charge in [-0.1, -0.05) is 13.0 Å². The normalized spacial score (nSPS) is 14.4. The molecule has 4 heterocycles. The Balaban J connectivity index is 0.00000289. The predicted molar refractivity (Wildman–Crippen MR) is 140 cm³/mol. The summed E-state index contributed by atoms with van der Waals surface area (Å²) in [6, 6.07) is 6.14. The number of pyridine rings is 1. The summed E-state index contributed by atoms with van der Waals surface area (Å²) < 4.78 is 6.27. The third-order valence-electron chi connectivity index (χ3n) is 5.32. The van der Waals surface area contributed by atoms with E-state index in [1.165, 1.54) is 11.5 Å². The number of anilines is 1. The topological polar surface area (TPSA) is 87.4 Å². The molecule has 11 heteroatoms. The molecular weight excluding hydrogens is 537 g/mol. The van der Waals surface area contributed by atoms with Crippen LogP contribution in [0.3, 0.4) is 0 Å². The molecule has 172 valence electrons. The van der Waals surface area contributed by atoms with E-state index >= 15 is 0 Å². The first-order chi connectivity index (χ1) is 15.1. The molecule has 1 aliphatic rings. The van der Waals surface area contributed by atoms with Gasteiger partial charge in [-0.25, -0.2) is 14.6 Å². The minimum absolute atomic E-state index is 0. The first-order valence-electron chi connectivity index (χ1n) is 10.6. The highest BCUT2D eigenvalue weighted by Gasteiger charge is 2.22. The van der Waals surface area contributed by atoms with Gasteiger partial charge in [0.2, 0.25) is 5.13 Å². The van der Waals surface area contributed by atoms with Crippen LogP contribution in [0.15, 0.2) is 29.4 Å². The van der Waals surface area contributed by atoms with Crippen LogP contribution in [0.25, 0.3) is 5.82 Å². The summed E-state index contributed by atoms with van der Waals surface area (Å²) in [6.45, 7) is 10.4. The van der Waals surface area contributed by atoms with Gasteiger partial charge in [-0.05, 0) is 31.5 Å². The number of aryl methyl sites for hydroxylation is 3. The largest absolute Gasteiger partial charge is 0.352 e. The highest BCUT2D eigenvalue weighted by molar-refractivity contribution is 14.0. The third-order valence-corrected chi connectivity index (χ3v) is 6.14. The van der Waals surface area contributed by atoms with Crippen LogP contribution < -0.4 is 10.2 Å². The standard InChI is InChI=1S/C21H29N9S.HI/c1-5-18-25-21(31-27-18)29-10-8-28(9-11-29)20(22-4)24-14-17-6-7-19(23-13-17)30-16(3)12-15(2)26-30;/h6-7,12-13H,5,8-11,14H2,1-4H3,(H,22,24);1H. The zero-order chi connectivity index (χ0) is 21.8. The predicted octanol–water partition coefficient (Wildman–Crippen LogP) is 2.81. The molecule has 0 bridgehead atoms. The molecule has 9 nitrogen and oxygen atoms in total. The van der Waals surface area contributed by atoms with Gasteiger partial charge in [0.25, 0.3) is 0 Å². The first-order valence-corrected chi connectivity index (χ1v) is 11.4. The van der Waals surface area contributed by atoms with Crippen molar-refractivity contribution in [2.75, 3.05) is 38.1 Å². The average molecular weight is 568 g/mol. The Bertz CT molecular complexity index is 1040. The summed E-state index contributed by atoms with van der Waals surface area (Å²) in [4.78, 5) is 18.3. The summed E-state index contributed by atoms with van der Waals surface area (Å²) in [6.07, 6.45) is 2.77. The van der Waals surface area contributed by atoms with Gasteiger partial charge < -0.3 is 15.1 Å². The third kappa shape index (κ3) is 5.55. The highest BCUT2D eigenvalue weighted by Crippen LogP contribution is 2.19. The second-order valence-corrected chi connectivity index (χ2v) is 8.32. The molecule has 3 aromatic rings. The molecular formula is C21H30IN9S. The maximum absolute atomic E-state index is 4.61. The molecule has 1 N–H and O–H groups in total. The zero-order valence-electron chi connectivity index (χ0n) is 18.9. The van der Waals surface area contributed by atoms with E-state index < -0.39 is 0 Å². The Morgan fingerprint density at radius 2 is 1.97 bits per heavy atom. The summed E-state index contributed by atoms with van der Waals surface area (Å²) in [7, 11) is 1.83. The average Bonchev–Trinajstić information content (AvgIpc) is 3.41. The van der Waals surface area contributed by atoms with E-state index in [9.17, 15) is 0 Å². The molecule has 1 saturated heterocycles. The number of nitrogens with zero attached hydrogens (tertiary/aromatic N) is 8. The SMILES string of the molecule is CCc1nsc(N2CCN(C(=NC)NCc3ccc(-n4nc(C)cc4C)nc3)CC2)n1.I. The number of nitrogens with one attached hydrogen (secondary N) is 1. The minimum atomic E-state index is 0. The maximum Gasteiger partial charge on any atom is 0.205 e. The van der Waals surface area contributed by atoms with Gasteiger partial charge in [-0.2, -0.15) is 9.47 Å². The zero-order valence-corrected chi connectivity index (χ0v) is 22.1. The fourth-order valence-corrected chi connectivity index (χ4v) is 4.45. The Kier molecular flexibility index (Phi) is 8.40. The molecule has 1 fully saturated rings. The summed E-state index contributed by atoms with van der Waals surface area (Å²) in [5, 5.41) is 8.98. The van der Waals surface area contributed by atoms with E-state index in [-0.39, 0.29) is 24.0 Å². The van der Waals surface area contributed by atoms with Gasteiger partial charge in [-0.3, -0.25) is 4.99 Å². The van der Waals surface area contributed by atoms with Gasteiger partial charge in [0.15, 0.2) is 11.8 Å². The summed E-state index contributed by atoms with van der Waals surface area (Å²) in [5.74, 6) is 2.67. The number of guanidine groups is 1. The number of aliphatic imine (C=N–C) groups is 1. The fraction of sp³-hybridized carbons (Fsp3) is 0.476. The van der Waals surface area contributed by atoms with Gasteiger partial charge >= 0.3 is 0 Å². The molecule has 0 unspecified atom stereocenters. The lowest BCUT2D eigenvalue weighted by Gasteiger charge is -2.36. The quantitative estimate of drug-likeness (QED) is 0.288. The van der Waals surface area contributed by atoms with Crippen molar-refractivity contribution >= 4 is 46.6 Å². The number of hydrogen-bond acceptors (Lipinski definition) is 7. The van der Waals surface area contributed by atoms with Crippen LogP contribution in [0, 0.1) is 13.8 Å². The Hall–Kier alpha value is -2.28. The number of halogens is 1. The molecule has 0 radical (unpaired) electrons. The van der Waals surface area contributed by atoms with Crippen molar-refractivity contribution < 1.29 is 0 Å². The molecule has 0 spiro atoms. The van der Waals surface area contributed by atoms with E-state index in [2.05, 4.69) is 58.6 Å². The molecule has 0 aliphatic carbocycles. The van der Waals surface area contributed by atoms with Crippen molar-refractivity contribution in [3.8, 4) is 5.82 Å². The van der Waals surface area contributed by atoms with E-state index in [4.69, 9.17) is 0 Å². The molecule has 1 aliphatic heterocycles. The van der Waals surface area contributed by atoms with Crippen LogP contribution >= 0.6 is 35.5 Å². The fourth-order valence-electron chi connectivity index (χ4n) is 3.65. The molecule has 0 atom stereocenters. The lowest BCUT2D eigenvalue weighted by Crippen LogP contribution is -2.52. The number of piperazine rings is 1. The minimum Gasteiger partial charge on any atom is -0.352 e. The Labute approximate surface area is 210 Å². The molecule has 3 aromatic heterocycles. The monoisotopic (exact) mass is 567 g/mol. The smallest absolute Gasteiger partial charge is 0.205 e. The van der Waals surface area contributed by atoms with Crippen LogP contribution in [0.4, 0.5) is 5.13 Å². The van der Waals surface area contributed by atoms with Gasteiger partial charge in [0, 0.05) is 69.6 Å². The Morgan fingerprint density at radius 3 is 2.53 bits per heavy atom. The van der Waals surface area contributed by atoms with Crippen molar-refractivity contribution in [3.05, 3.63) is 47.2 Å². The van der Waals surface area contributed by atoms with Crippen molar-refractivity contribution in [1.29, 1.82) is 0 Å². The Morgan fingerprint density at radius 1 is 1.19 bits per heavy atom. The van der Waals surface area contributed by atoms with Gasteiger partial charge in [0.05, 0.1) is 5.69 Å². The van der Waals surface area contributed by atoms with Crippen LogP contribution in [-0.4, -0.2) is 68.2 Å². The number of rotatable bonds is 5.